The summed E-state index contributed by atoms with van der Waals surface area (Å²) >= 11 is 1.71. The summed E-state index contributed by atoms with van der Waals surface area (Å²) in [4.78, 5) is 15.8. The van der Waals surface area contributed by atoms with Gasteiger partial charge in [0, 0.05) is 25.1 Å². The molecule has 1 heterocycles. The minimum atomic E-state index is 0.129. The number of rotatable bonds is 10. The Balaban J connectivity index is 1.96. The highest BCUT2D eigenvalue weighted by Crippen LogP contribution is 2.19. The fourth-order valence-electron chi connectivity index (χ4n) is 2.42. The Hall–Kier alpha value is -1.69. The molecule has 5 heteroatoms. The van der Waals surface area contributed by atoms with Crippen molar-refractivity contribution in [2.75, 3.05) is 26.8 Å². The zero-order valence-corrected chi connectivity index (χ0v) is 15.3. The van der Waals surface area contributed by atoms with E-state index in [1.54, 1.807) is 18.4 Å². The molecular weight excluding hydrogens is 320 g/mol. The van der Waals surface area contributed by atoms with Gasteiger partial charge in [0.1, 0.15) is 0 Å². The van der Waals surface area contributed by atoms with E-state index in [1.165, 1.54) is 10.4 Å². The quantitative estimate of drug-likeness (QED) is 0.672. The van der Waals surface area contributed by atoms with Gasteiger partial charge in [0.25, 0.3) is 0 Å². The predicted octanol–water partition coefficient (Wildman–Crippen LogP) is 3.21. The number of amides is 1. The molecule has 0 aliphatic heterocycles. The fraction of sp³-hybridized carbons (Fsp3) is 0.421. The van der Waals surface area contributed by atoms with Gasteiger partial charge in [-0.3, -0.25) is 4.79 Å². The van der Waals surface area contributed by atoms with E-state index in [1.807, 2.05) is 23.1 Å². The molecule has 1 aromatic carbocycles. The van der Waals surface area contributed by atoms with Gasteiger partial charge in [-0.15, -0.1) is 11.3 Å². The highest BCUT2D eigenvalue weighted by Gasteiger charge is 2.16. The Morgan fingerprint density at radius 3 is 2.67 bits per heavy atom. The van der Waals surface area contributed by atoms with Gasteiger partial charge in [0.05, 0.1) is 13.1 Å². The number of carbonyl (C=O) groups excluding carboxylic acids is 1. The average molecular weight is 346 g/mol. The first-order chi connectivity index (χ1) is 11.7. The number of benzene rings is 1. The first-order valence-corrected chi connectivity index (χ1v) is 9.13. The van der Waals surface area contributed by atoms with E-state index in [0.717, 1.165) is 18.5 Å². The molecule has 0 bridgehead atoms. The summed E-state index contributed by atoms with van der Waals surface area (Å²) in [6.07, 6.45) is 0.909. The molecule has 1 amide bonds. The lowest BCUT2D eigenvalue weighted by Gasteiger charge is -2.23. The summed E-state index contributed by atoms with van der Waals surface area (Å²) < 4.78 is 5.02. The van der Waals surface area contributed by atoms with Crippen molar-refractivity contribution in [2.45, 2.75) is 26.4 Å². The second-order valence-corrected chi connectivity index (χ2v) is 6.79. The van der Waals surface area contributed by atoms with Gasteiger partial charge in [0.15, 0.2) is 0 Å². The van der Waals surface area contributed by atoms with Crippen LogP contribution in [0.2, 0.25) is 0 Å². The molecule has 0 fully saturated rings. The molecule has 24 heavy (non-hydrogen) atoms. The molecule has 0 saturated heterocycles. The fourth-order valence-corrected chi connectivity index (χ4v) is 3.34. The van der Waals surface area contributed by atoms with Crippen LogP contribution in [-0.4, -0.2) is 37.6 Å². The van der Waals surface area contributed by atoms with E-state index in [0.29, 0.717) is 26.2 Å². The molecule has 0 atom stereocenters. The smallest absolute Gasteiger partial charge is 0.237 e. The average Bonchev–Trinajstić information content (AvgIpc) is 3.00. The summed E-state index contributed by atoms with van der Waals surface area (Å²) in [5.74, 6) is 0.129. The summed E-state index contributed by atoms with van der Waals surface area (Å²) in [5.41, 5.74) is 2.40. The Morgan fingerprint density at radius 2 is 2.00 bits per heavy atom. The maximum absolute atomic E-state index is 12.7. The van der Waals surface area contributed by atoms with Crippen LogP contribution >= 0.6 is 11.3 Å². The minimum absolute atomic E-state index is 0.129. The summed E-state index contributed by atoms with van der Waals surface area (Å²) in [7, 11) is 1.69. The first kappa shape index (κ1) is 18.6. The van der Waals surface area contributed by atoms with Crippen molar-refractivity contribution in [3.05, 3.63) is 57.8 Å². The highest BCUT2D eigenvalue weighted by molar-refractivity contribution is 7.10. The molecule has 1 N–H and O–H groups in total. The molecule has 1 aromatic heterocycles. The lowest BCUT2D eigenvalue weighted by atomic mass is 10.2. The zero-order chi connectivity index (χ0) is 17.2. The Morgan fingerprint density at radius 1 is 1.21 bits per heavy atom. The normalized spacial score (nSPS) is 10.8. The van der Waals surface area contributed by atoms with Crippen molar-refractivity contribution in [2.24, 2.45) is 0 Å². The van der Waals surface area contributed by atoms with Gasteiger partial charge in [-0.1, -0.05) is 30.3 Å². The number of hydrogen-bond acceptors (Lipinski definition) is 4. The van der Waals surface area contributed by atoms with Crippen LogP contribution in [-0.2, 0) is 22.6 Å². The molecule has 0 radical (unpaired) electrons. The van der Waals surface area contributed by atoms with Gasteiger partial charge in [-0.05, 0) is 42.5 Å². The number of hydrogen-bond donors (Lipinski definition) is 1. The standard InChI is InChI=1S/C19H26N2O2S/c1-16-9-12-24-18(16)15-21(14-17-7-4-3-5-8-17)19(22)13-20-10-6-11-23-2/h3-5,7-9,12,20H,6,10-11,13-15H2,1-2H3. The second kappa shape index (κ2) is 10.2. The number of nitrogens with one attached hydrogen (secondary N) is 1. The van der Waals surface area contributed by atoms with E-state index in [-0.39, 0.29) is 5.91 Å². The van der Waals surface area contributed by atoms with E-state index in [2.05, 4.69) is 35.8 Å². The number of thiophene rings is 1. The van der Waals surface area contributed by atoms with Crippen LogP contribution in [0.1, 0.15) is 22.4 Å². The molecular formula is C19H26N2O2S. The van der Waals surface area contributed by atoms with E-state index >= 15 is 0 Å². The molecule has 0 saturated carbocycles. The SMILES string of the molecule is COCCCNCC(=O)N(Cc1ccccc1)Cc1sccc1C. The molecule has 2 aromatic rings. The number of ether oxygens (including phenoxy) is 1. The number of methoxy groups -OCH3 is 1. The molecule has 130 valence electrons. The minimum Gasteiger partial charge on any atom is -0.385 e. The molecule has 2 rings (SSSR count). The highest BCUT2D eigenvalue weighted by atomic mass is 32.1. The summed E-state index contributed by atoms with van der Waals surface area (Å²) in [6, 6.07) is 12.3. The zero-order valence-electron chi connectivity index (χ0n) is 14.5. The molecule has 4 nitrogen and oxygen atoms in total. The summed E-state index contributed by atoms with van der Waals surface area (Å²) in [5, 5.41) is 5.29. The van der Waals surface area contributed by atoms with Gasteiger partial charge in [-0.25, -0.2) is 0 Å². The third-order valence-electron chi connectivity index (χ3n) is 3.85. The van der Waals surface area contributed by atoms with Crippen LogP contribution < -0.4 is 5.32 Å². The van der Waals surface area contributed by atoms with Crippen molar-refractivity contribution in [3.63, 3.8) is 0 Å². The largest absolute Gasteiger partial charge is 0.385 e. The van der Waals surface area contributed by atoms with Crippen LogP contribution in [0.25, 0.3) is 0 Å². The number of aryl methyl sites for hydroxylation is 1. The van der Waals surface area contributed by atoms with Crippen molar-refractivity contribution >= 4 is 17.2 Å². The topological polar surface area (TPSA) is 41.6 Å². The number of carbonyl (C=O) groups is 1. The van der Waals surface area contributed by atoms with Crippen LogP contribution in [0, 0.1) is 6.92 Å². The van der Waals surface area contributed by atoms with Crippen molar-refractivity contribution in [1.29, 1.82) is 0 Å². The lowest BCUT2D eigenvalue weighted by Crippen LogP contribution is -2.37. The van der Waals surface area contributed by atoms with Gasteiger partial charge in [0.2, 0.25) is 5.91 Å². The monoisotopic (exact) mass is 346 g/mol. The molecule has 0 aliphatic carbocycles. The predicted molar refractivity (Wildman–Crippen MR) is 99.1 cm³/mol. The Bertz CT molecular complexity index is 613. The van der Waals surface area contributed by atoms with Crippen molar-refractivity contribution < 1.29 is 9.53 Å². The van der Waals surface area contributed by atoms with Crippen molar-refractivity contribution in [3.8, 4) is 0 Å². The molecule has 0 aliphatic rings. The third-order valence-corrected chi connectivity index (χ3v) is 4.86. The van der Waals surface area contributed by atoms with Crippen molar-refractivity contribution in [1.82, 2.24) is 10.2 Å². The van der Waals surface area contributed by atoms with Gasteiger partial charge in [-0.2, -0.15) is 0 Å². The first-order valence-electron chi connectivity index (χ1n) is 8.25. The maximum Gasteiger partial charge on any atom is 0.237 e. The van der Waals surface area contributed by atoms with E-state index in [4.69, 9.17) is 4.74 Å². The summed E-state index contributed by atoms with van der Waals surface area (Å²) in [6.45, 7) is 5.26. The third kappa shape index (κ3) is 6.07. The maximum atomic E-state index is 12.7. The van der Waals surface area contributed by atoms with E-state index < -0.39 is 0 Å². The van der Waals surface area contributed by atoms with Gasteiger partial charge < -0.3 is 15.0 Å². The Labute approximate surface area is 148 Å². The van der Waals surface area contributed by atoms with E-state index in [9.17, 15) is 4.79 Å². The van der Waals surface area contributed by atoms with Crippen LogP contribution in [0.4, 0.5) is 0 Å². The molecule has 0 unspecified atom stereocenters. The van der Waals surface area contributed by atoms with Crippen LogP contribution in [0.5, 0.6) is 0 Å². The van der Waals surface area contributed by atoms with Gasteiger partial charge >= 0.3 is 0 Å². The molecule has 0 spiro atoms. The van der Waals surface area contributed by atoms with Crippen LogP contribution in [0.3, 0.4) is 0 Å². The lowest BCUT2D eigenvalue weighted by molar-refractivity contribution is -0.131. The second-order valence-electron chi connectivity index (χ2n) is 5.79. The van der Waals surface area contributed by atoms with Crippen LogP contribution in [0.15, 0.2) is 41.8 Å². The number of nitrogens with zero attached hydrogens (tertiary/aromatic N) is 1. The Kier molecular flexibility index (Phi) is 7.95.